The molecular formula is C15H21N3O3. The summed E-state index contributed by atoms with van der Waals surface area (Å²) in [4.78, 5) is 31.2. The van der Waals surface area contributed by atoms with E-state index >= 15 is 0 Å². The van der Waals surface area contributed by atoms with E-state index in [-0.39, 0.29) is 12.6 Å². The van der Waals surface area contributed by atoms with Gasteiger partial charge in [0.2, 0.25) is 0 Å². The van der Waals surface area contributed by atoms with Gasteiger partial charge in [-0.3, -0.25) is 9.78 Å². The zero-order chi connectivity index (χ0) is 15.5. The number of hydrogen-bond donors (Lipinski definition) is 1. The summed E-state index contributed by atoms with van der Waals surface area (Å²) in [7, 11) is 1.71. The summed E-state index contributed by atoms with van der Waals surface area (Å²) in [5.41, 5.74) is -0.0360. The summed E-state index contributed by atoms with van der Waals surface area (Å²) in [6.45, 7) is 2.98. The van der Waals surface area contributed by atoms with E-state index in [9.17, 15) is 14.7 Å². The van der Waals surface area contributed by atoms with Crippen LogP contribution in [-0.2, 0) is 11.3 Å². The van der Waals surface area contributed by atoms with Crippen LogP contribution in [0, 0.1) is 5.41 Å². The number of carbonyl (C=O) groups excluding carboxylic acids is 1. The summed E-state index contributed by atoms with van der Waals surface area (Å²) in [6, 6.07) is 5.42. The van der Waals surface area contributed by atoms with Crippen molar-refractivity contribution in [1.82, 2.24) is 14.8 Å². The highest BCUT2D eigenvalue weighted by atomic mass is 16.4. The minimum Gasteiger partial charge on any atom is -0.481 e. The Morgan fingerprint density at radius 2 is 2.24 bits per heavy atom. The van der Waals surface area contributed by atoms with Crippen LogP contribution in [0.2, 0.25) is 0 Å². The second-order valence-electron chi connectivity index (χ2n) is 5.85. The van der Waals surface area contributed by atoms with Gasteiger partial charge in [-0.1, -0.05) is 6.07 Å². The Labute approximate surface area is 124 Å². The van der Waals surface area contributed by atoms with Gasteiger partial charge in [0, 0.05) is 26.3 Å². The van der Waals surface area contributed by atoms with E-state index in [2.05, 4.69) is 4.98 Å². The standard InChI is InChI=1S/C15H21N3O3/c1-15(13(19)20)7-5-9-18(11-15)14(21)17(2)10-12-6-3-4-8-16-12/h3-4,6,8H,5,7,9-11H2,1-2H3,(H,19,20). The second-order valence-corrected chi connectivity index (χ2v) is 5.85. The molecule has 1 aromatic heterocycles. The molecule has 6 nitrogen and oxygen atoms in total. The van der Waals surface area contributed by atoms with Crippen LogP contribution >= 0.6 is 0 Å². The molecule has 21 heavy (non-hydrogen) atoms. The van der Waals surface area contributed by atoms with Crippen LogP contribution in [0.1, 0.15) is 25.5 Å². The Balaban J connectivity index is 2.00. The van der Waals surface area contributed by atoms with Crippen LogP contribution in [-0.4, -0.2) is 52.0 Å². The van der Waals surface area contributed by atoms with Crippen molar-refractivity contribution < 1.29 is 14.7 Å². The van der Waals surface area contributed by atoms with Crippen LogP contribution < -0.4 is 0 Å². The number of carboxylic acid groups (broad SMARTS) is 1. The van der Waals surface area contributed by atoms with E-state index in [1.54, 1.807) is 30.0 Å². The maximum Gasteiger partial charge on any atom is 0.320 e. The first-order valence-corrected chi connectivity index (χ1v) is 7.06. The highest BCUT2D eigenvalue weighted by Crippen LogP contribution is 2.30. The van der Waals surface area contributed by atoms with Crippen molar-refractivity contribution >= 4 is 12.0 Å². The number of piperidine rings is 1. The molecule has 1 atom stereocenters. The van der Waals surface area contributed by atoms with Crippen LogP contribution in [0.5, 0.6) is 0 Å². The number of aliphatic carboxylic acids is 1. The number of carbonyl (C=O) groups is 2. The van der Waals surface area contributed by atoms with E-state index < -0.39 is 11.4 Å². The molecule has 0 aliphatic carbocycles. The lowest BCUT2D eigenvalue weighted by atomic mass is 9.82. The molecule has 6 heteroatoms. The molecule has 0 bridgehead atoms. The zero-order valence-electron chi connectivity index (χ0n) is 12.5. The second kappa shape index (κ2) is 6.11. The van der Waals surface area contributed by atoms with Crippen molar-refractivity contribution in [3.05, 3.63) is 30.1 Å². The monoisotopic (exact) mass is 291 g/mol. The van der Waals surface area contributed by atoms with E-state index in [1.165, 1.54) is 0 Å². The fraction of sp³-hybridized carbons (Fsp3) is 0.533. The minimum atomic E-state index is -0.847. The molecule has 1 unspecified atom stereocenters. The van der Waals surface area contributed by atoms with Crippen molar-refractivity contribution in [3.63, 3.8) is 0 Å². The number of amides is 2. The summed E-state index contributed by atoms with van der Waals surface area (Å²) < 4.78 is 0. The van der Waals surface area contributed by atoms with Gasteiger partial charge in [-0.05, 0) is 31.9 Å². The van der Waals surface area contributed by atoms with Gasteiger partial charge in [0.1, 0.15) is 0 Å². The van der Waals surface area contributed by atoms with Gasteiger partial charge in [0.15, 0.2) is 0 Å². The Bertz CT molecular complexity index is 520. The third-order valence-electron chi connectivity index (χ3n) is 3.94. The number of carboxylic acids is 1. The smallest absolute Gasteiger partial charge is 0.320 e. The number of likely N-dealkylation sites (tertiary alicyclic amines) is 1. The highest BCUT2D eigenvalue weighted by Gasteiger charge is 2.39. The molecule has 0 spiro atoms. The molecule has 2 rings (SSSR count). The van der Waals surface area contributed by atoms with Crippen LogP contribution in [0.3, 0.4) is 0 Å². The van der Waals surface area contributed by atoms with Crippen molar-refractivity contribution in [2.24, 2.45) is 5.41 Å². The number of aromatic nitrogens is 1. The lowest BCUT2D eigenvalue weighted by Crippen LogP contribution is -2.51. The first-order chi connectivity index (χ1) is 9.92. The molecule has 0 aromatic carbocycles. The average Bonchev–Trinajstić information content (AvgIpc) is 2.47. The first-order valence-electron chi connectivity index (χ1n) is 7.06. The lowest BCUT2D eigenvalue weighted by Gasteiger charge is -2.39. The van der Waals surface area contributed by atoms with Crippen molar-refractivity contribution in [2.75, 3.05) is 20.1 Å². The molecule has 1 aliphatic rings. The molecule has 1 fully saturated rings. The number of pyridine rings is 1. The number of nitrogens with zero attached hydrogens (tertiary/aromatic N) is 3. The molecule has 0 radical (unpaired) electrons. The van der Waals surface area contributed by atoms with E-state index in [1.807, 2.05) is 18.2 Å². The van der Waals surface area contributed by atoms with Gasteiger partial charge in [-0.2, -0.15) is 0 Å². The quantitative estimate of drug-likeness (QED) is 0.922. The Kier molecular flexibility index (Phi) is 4.45. The average molecular weight is 291 g/mol. The van der Waals surface area contributed by atoms with Gasteiger partial charge in [-0.25, -0.2) is 4.79 Å². The summed E-state index contributed by atoms with van der Waals surface area (Å²) in [5.74, 6) is -0.840. The third-order valence-corrected chi connectivity index (χ3v) is 3.94. The molecule has 2 amide bonds. The number of urea groups is 1. The molecule has 114 valence electrons. The maximum absolute atomic E-state index is 12.4. The molecule has 1 aliphatic heterocycles. The summed E-state index contributed by atoms with van der Waals surface area (Å²) in [5, 5.41) is 9.31. The Morgan fingerprint density at radius 1 is 1.48 bits per heavy atom. The number of hydrogen-bond acceptors (Lipinski definition) is 3. The molecule has 1 N–H and O–H groups in total. The van der Waals surface area contributed by atoms with Gasteiger partial charge >= 0.3 is 12.0 Å². The zero-order valence-corrected chi connectivity index (χ0v) is 12.5. The SMILES string of the molecule is CN(Cc1ccccn1)C(=O)N1CCCC(C)(C(=O)O)C1. The lowest BCUT2D eigenvalue weighted by molar-refractivity contribution is -0.150. The van der Waals surface area contributed by atoms with Crippen molar-refractivity contribution in [1.29, 1.82) is 0 Å². The molecule has 0 saturated carbocycles. The van der Waals surface area contributed by atoms with E-state index in [0.29, 0.717) is 25.9 Å². The van der Waals surface area contributed by atoms with Gasteiger partial charge < -0.3 is 14.9 Å². The van der Waals surface area contributed by atoms with Gasteiger partial charge in [0.05, 0.1) is 17.7 Å². The van der Waals surface area contributed by atoms with E-state index in [4.69, 9.17) is 0 Å². The van der Waals surface area contributed by atoms with E-state index in [0.717, 1.165) is 5.69 Å². The van der Waals surface area contributed by atoms with Gasteiger partial charge in [0.25, 0.3) is 0 Å². The minimum absolute atomic E-state index is 0.146. The normalized spacial score (nSPS) is 21.9. The maximum atomic E-state index is 12.4. The fourth-order valence-corrected chi connectivity index (χ4v) is 2.62. The molecule has 1 saturated heterocycles. The summed E-state index contributed by atoms with van der Waals surface area (Å²) in [6.07, 6.45) is 3.01. The number of rotatable bonds is 3. The summed E-state index contributed by atoms with van der Waals surface area (Å²) >= 11 is 0. The van der Waals surface area contributed by atoms with Crippen LogP contribution in [0.4, 0.5) is 4.79 Å². The first kappa shape index (κ1) is 15.3. The van der Waals surface area contributed by atoms with Crippen LogP contribution in [0.25, 0.3) is 0 Å². The highest BCUT2D eigenvalue weighted by molar-refractivity contribution is 5.78. The molecule has 2 heterocycles. The molecular weight excluding hydrogens is 270 g/mol. The third kappa shape index (κ3) is 3.51. The van der Waals surface area contributed by atoms with Crippen molar-refractivity contribution in [3.8, 4) is 0 Å². The van der Waals surface area contributed by atoms with Crippen LogP contribution in [0.15, 0.2) is 24.4 Å². The topological polar surface area (TPSA) is 73.7 Å². The largest absolute Gasteiger partial charge is 0.481 e. The Hall–Kier alpha value is -2.11. The van der Waals surface area contributed by atoms with Gasteiger partial charge in [-0.15, -0.1) is 0 Å². The van der Waals surface area contributed by atoms with Crippen molar-refractivity contribution in [2.45, 2.75) is 26.3 Å². The Morgan fingerprint density at radius 3 is 2.86 bits per heavy atom. The fourth-order valence-electron chi connectivity index (χ4n) is 2.62. The predicted octanol–water partition coefficient (Wildman–Crippen LogP) is 1.82. The molecule has 1 aromatic rings. The predicted molar refractivity (Wildman–Crippen MR) is 77.6 cm³/mol.